The Morgan fingerprint density at radius 1 is 1.19 bits per heavy atom. The molecule has 1 heterocycles. The Labute approximate surface area is 155 Å². The van der Waals surface area contributed by atoms with Crippen molar-refractivity contribution in [2.45, 2.75) is 31.4 Å². The minimum absolute atomic E-state index is 0.197. The van der Waals surface area contributed by atoms with Gasteiger partial charge < -0.3 is 15.5 Å². The van der Waals surface area contributed by atoms with Crippen LogP contribution >= 0.6 is 0 Å². The molecule has 0 atom stereocenters. The summed E-state index contributed by atoms with van der Waals surface area (Å²) in [6.07, 6.45) is 1.53. The topological polar surface area (TPSA) is 95.6 Å². The summed E-state index contributed by atoms with van der Waals surface area (Å²) in [4.78, 5) is 26.5. The smallest absolute Gasteiger partial charge is 0.244 e. The monoisotopic (exact) mass is 381 g/mol. The van der Waals surface area contributed by atoms with Crippen molar-refractivity contribution in [1.82, 2.24) is 10.2 Å². The lowest BCUT2D eigenvalue weighted by molar-refractivity contribution is -0.136. The predicted molar refractivity (Wildman–Crippen MR) is 102 cm³/mol. The zero-order valence-corrected chi connectivity index (χ0v) is 16.6. The van der Waals surface area contributed by atoms with Gasteiger partial charge in [-0.1, -0.05) is 18.2 Å². The van der Waals surface area contributed by atoms with Gasteiger partial charge in [0, 0.05) is 19.0 Å². The number of rotatable bonds is 5. The average molecular weight is 381 g/mol. The molecule has 0 aromatic heterocycles. The second-order valence-corrected chi connectivity index (χ2v) is 9.32. The molecule has 0 bridgehead atoms. The van der Waals surface area contributed by atoms with Crippen molar-refractivity contribution in [3.05, 3.63) is 29.3 Å². The van der Waals surface area contributed by atoms with E-state index in [-0.39, 0.29) is 25.3 Å². The zero-order chi connectivity index (χ0) is 19.5. The standard InChI is InChI=1S/C18H27N3O4S/c1-13-6-5-7-14(2)16(13)20-15(22)12-21(3)17(23)18(26(4,24)25)8-10-19-11-9-18/h5-7,19H,8-12H2,1-4H3,(H,20,22). The first kappa shape index (κ1) is 20.4. The van der Waals surface area contributed by atoms with Crippen molar-refractivity contribution in [3.63, 3.8) is 0 Å². The lowest BCUT2D eigenvalue weighted by Crippen LogP contribution is -2.58. The molecule has 0 saturated carbocycles. The molecule has 0 radical (unpaired) electrons. The van der Waals surface area contributed by atoms with Gasteiger partial charge in [-0.2, -0.15) is 0 Å². The minimum atomic E-state index is -3.60. The summed E-state index contributed by atoms with van der Waals surface area (Å²) in [5.74, 6) is -0.867. The molecule has 26 heavy (non-hydrogen) atoms. The molecule has 0 spiro atoms. The Balaban J connectivity index is 2.14. The van der Waals surface area contributed by atoms with E-state index < -0.39 is 20.5 Å². The maximum atomic E-state index is 12.9. The average Bonchev–Trinajstić information content (AvgIpc) is 2.57. The van der Waals surface area contributed by atoms with Gasteiger partial charge in [-0.15, -0.1) is 0 Å². The number of nitrogens with one attached hydrogen (secondary N) is 2. The van der Waals surface area contributed by atoms with Gasteiger partial charge in [-0.3, -0.25) is 9.59 Å². The number of anilines is 1. The number of aryl methyl sites for hydroxylation is 2. The van der Waals surface area contributed by atoms with E-state index in [1.165, 1.54) is 11.9 Å². The number of hydrogen-bond donors (Lipinski definition) is 2. The first-order chi connectivity index (χ1) is 12.1. The number of carbonyl (C=O) groups excluding carboxylic acids is 2. The molecule has 1 aromatic carbocycles. The van der Waals surface area contributed by atoms with Gasteiger partial charge in [-0.25, -0.2) is 8.42 Å². The van der Waals surface area contributed by atoms with E-state index in [4.69, 9.17) is 0 Å². The number of hydrogen-bond acceptors (Lipinski definition) is 5. The minimum Gasteiger partial charge on any atom is -0.335 e. The summed E-state index contributed by atoms with van der Waals surface area (Å²) in [5.41, 5.74) is 2.58. The number of nitrogens with zero attached hydrogens (tertiary/aromatic N) is 1. The van der Waals surface area contributed by atoms with E-state index in [2.05, 4.69) is 10.6 Å². The van der Waals surface area contributed by atoms with Crippen LogP contribution in [0.1, 0.15) is 24.0 Å². The van der Waals surface area contributed by atoms with Crippen LogP contribution in [0.5, 0.6) is 0 Å². The van der Waals surface area contributed by atoms with Gasteiger partial charge in [0.2, 0.25) is 11.8 Å². The number of para-hydroxylation sites is 1. The van der Waals surface area contributed by atoms with E-state index in [1.54, 1.807) is 0 Å². The van der Waals surface area contributed by atoms with Gasteiger partial charge >= 0.3 is 0 Å². The summed E-state index contributed by atoms with van der Waals surface area (Å²) in [7, 11) is -2.13. The van der Waals surface area contributed by atoms with Crippen LogP contribution in [0, 0.1) is 13.8 Å². The van der Waals surface area contributed by atoms with Crippen molar-refractivity contribution in [2.24, 2.45) is 0 Å². The third-order valence-corrected chi connectivity index (χ3v) is 6.99. The van der Waals surface area contributed by atoms with Gasteiger partial charge in [0.1, 0.15) is 0 Å². The Morgan fingerprint density at radius 3 is 2.23 bits per heavy atom. The highest BCUT2D eigenvalue weighted by Crippen LogP contribution is 2.30. The molecule has 144 valence electrons. The van der Waals surface area contributed by atoms with Gasteiger partial charge in [0.25, 0.3) is 0 Å². The second kappa shape index (κ2) is 7.75. The lowest BCUT2D eigenvalue weighted by atomic mass is 9.95. The van der Waals surface area contributed by atoms with Gasteiger partial charge in [0.05, 0.1) is 6.54 Å². The van der Waals surface area contributed by atoms with Crippen LogP contribution < -0.4 is 10.6 Å². The second-order valence-electron chi connectivity index (χ2n) is 6.99. The largest absolute Gasteiger partial charge is 0.335 e. The molecule has 1 aliphatic rings. The highest BCUT2D eigenvalue weighted by molar-refractivity contribution is 7.92. The number of amides is 2. The van der Waals surface area contributed by atoms with Crippen LogP contribution in [-0.4, -0.2) is 62.8 Å². The Bertz CT molecular complexity index is 778. The number of piperidine rings is 1. The SMILES string of the molecule is Cc1cccc(C)c1NC(=O)CN(C)C(=O)C1(S(C)(=O)=O)CCNCC1. The molecular weight excluding hydrogens is 354 g/mol. The van der Waals surface area contributed by atoms with Crippen molar-refractivity contribution >= 4 is 27.3 Å². The molecule has 1 aliphatic heterocycles. The van der Waals surface area contributed by atoms with E-state index in [1.807, 2.05) is 32.0 Å². The van der Waals surface area contributed by atoms with Crippen LogP contribution in [0.15, 0.2) is 18.2 Å². The van der Waals surface area contributed by atoms with Crippen LogP contribution in [0.3, 0.4) is 0 Å². The van der Waals surface area contributed by atoms with E-state index in [0.717, 1.165) is 23.1 Å². The highest BCUT2D eigenvalue weighted by atomic mass is 32.2. The van der Waals surface area contributed by atoms with Crippen molar-refractivity contribution in [3.8, 4) is 0 Å². The maximum absolute atomic E-state index is 12.9. The zero-order valence-electron chi connectivity index (χ0n) is 15.8. The van der Waals surface area contributed by atoms with Crippen LogP contribution in [0.2, 0.25) is 0 Å². The fourth-order valence-electron chi connectivity index (χ4n) is 3.40. The first-order valence-electron chi connectivity index (χ1n) is 8.60. The molecule has 0 aliphatic carbocycles. The number of carbonyl (C=O) groups is 2. The van der Waals surface area contributed by atoms with E-state index >= 15 is 0 Å². The quantitative estimate of drug-likeness (QED) is 0.789. The molecule has 1 saturated heterocycles. The Kier molecular flexibility index (Phi) is 6.08. The van der Waals surface area contributed by atoms with Crippen molar-refractivity contribution in [1.29, 1.82) is 0 Å². The normalized spacial score (nSPS) is 16.8. The van der Waals surface area contributed by atoms with Crippen LogP contribution in [0.25, 0.3) is 0 Å². The maximum Gasteiger partial charge on any atom is 0.244 e. The van der Waals surface area contributed by atoms with Gasteiger partial charge in [-0.05, 0) is 50.9 Å². The molecule has 1 fully saturated rings. The Hall–Kier alpha value is -1.93. The molecule has 2 rings (SSSR count). The molecule has 8 heteroatoms. The number of benzene rings is 1. The third-order valence-electron chi connectivity index (χ3n) is 4.98. The Morgan fingerprint density at radius 2 is 1.73 bits per heavy atom. The summed E-state index contributed by atoms with van der Waals surface area (Å²) in [6.45, 7) is 4.51. The van der Waals surface area contributed by atoms with Crippen molar-refractivity contribution in [2.75, 3.05) is 38.3 Å². The summed E-state index contributed by atoms with van der Waals surface area (Å²) < 4.78 is 23.2. The first-order valence-corrected chi connectivity index (χ1v) is 10.5. The van der Waals surface area contributed by atoms with E-state index in [9.17, 15) is 18.0 Å². The van der Waals surface area contributed by atoms with E-state index in [0.29, 0.717) is 13.1 Å². The fourth-order valence-corrected chi connectivity index (χ4v) is 4.82. The van der Waals surface area contributed by atoms with Gasteiger partial charge in [0.15, 0.2) is 14.6 Å². The number of likely N-dealkylation sites (N-methyl/N-ethyl adjacent to an activating group) is 1. The molecule has 1 aromatic rings. The fraction of sp³-hybridized carbons (Fsp3) is 0.556. The molecule has 2 N–H and O–H groups in total. The van der Waals surface area contributed by atoms with Crippen molar-refractivity contribution < 1.29 is 18.0 Å². The lowest BCUT2D eigenvalue weighted by Gasteiger charge is -2.37. The highest BCUT2D eigenvalue weighted by Gasteiger charge is 2.50. The van der Waals surface area contributed by atoms with Crippen LogP contribution in [-0.2, 0) is 19.4 Å². The molecular formula is C18H27N3O4S. The predicted octanol–water partition coefficient (Wildman–Crippen LogP) is 0.867. The summed E-state index contributed by atoms with van der Waals surface area (Å²) in [6, 6.07) is 5.69. The summed E-state index contributed by atoms with van der Waals surface area (Å²) in [5, 5.41) is 5.90. The molecule has 2 amide bonds. The molecule has 0 unspecified atom stereocenters. The third kappa shape index (κ3) is 4.07. The summed E-state index contributed by atoms with van der Waals surface area (Å²) >= 11 is 0. The number of sulfone groups is 1. The molecule has 7 nitrogen and oxygen atoms in total. The van der Waals surface area contributed by atoms with Crippen LogP contribution in [0.4, 0.5) is 5.69 Å².